The summed E-state index contributed by atoms with van der Waals surface area (Å²) >= 11 is 8.60. The molecule has 1 saturated heterocycles. The molecule has 2 rings (SSSR count). The summed E-state index contributed by atoms with van der Waals surface area (Å²) in [6.45, 7) is 0.881. The first-order valence-corrected chi connectivity index (χ1v) is 5.24. The molecule has 0 unspecified atom stereocenters. The molecule has 0 spiro atoms. The van der Waals surface area contributed by atoms with Crippen molar-refractivity contribution in [3.05, 3.63) is 19.2 Å². The first-order chi connectivity index (χ1) is 4.77. The molecule has 0 N–H and O–H groups in total. The highest BCUT2D eigenvalue weighted by atomic mass is 79.9. The Balaban J connectivity index is 2.38. The van der Waals surface area contributed by atoms with Crippen LogP contribution in [0, 0.1) is 0 Å². The van der Waals surface area contributed by atoms with Crippen LogP contribution in [-0.2, 0) is 4.74 Å². The Morgan fingerprint density at radius 1 is 1.60 bits per heavy atom. The Morgan fingerprint density at radius 3 is 2.70 bits per heavy atom. The van der Waals surface area contributed by atoms with Gasteiger partial charge in [-0.3, -0.25) is 0 Å². The van der Waals surface area contributed by atoms with Crippen molar-refractivity contribution in [1.82, 2.24) is 0 Å². The smallest absolute Gasteiger partial charge is 0.116 e. The van der Waals surface area contributed by atoms with E-state index in [4.69, 9.17) is 4.74 Å². The fourth-order valence-electron chi connectivity index (χ4n) is 0.773. The van der Waals surface area contributed by atoms with E-state index in [-0.39, 0.29) is 0 Å². The molecule has 1 atom stereocenters. The summed E-state index contributed by atoms with van der Waals surface area (Å²) in [5.41, 5.74) is 0. The standard InChI is InChI=1S/C6H4Br2OS/c7-3-1-5(8)10-6(3)4-2-9-4/h1,4H,2H2/t4-/m0/s1. The molecule has 4 heteroatoms. The third-order valence-corrected chi connectivity index (χ3v) is 3.96. The molecule has 0 saturated carbocycles. The summed E-state index contributed by atoms with van der Waals surface area (Å²) in [5.74, 6) is 0. The van der Waals surface area contributed by atoms with Gasteiger partial charge in [0.25, 0.3) is 0 Å². The maximum Gasteiger partial charge on any atom is 0.116 e. The van der Waals surface area contributed by atoms with E-state index in [0.29, 0.717) is 6.10 Å². The SMILES string of the molecule is Brc1cc(Br)c([C@@H]2CO2)s1. The van der Waals surface area contributed by atoms with Gasteiger partial charge >= 0.3 is 0 Å². The lowest BCUT2D eigenvalue weighted by Gasteiger charge is -1.85. The third kappa shape index (κ3) is 1.30. The quantitative estimate of drug-likeness (QED) is 0.720. The van der Waals surface area contributed by atoms with Crippen LogP contribution in [0.15, 0.2) is 14.3 Å². The Morgan fingerprint density at radius 2 is 2.30 bits per heavy atom. The van der Waals surface area contributed by atoms with Crippen molar-refractivity contribution in [3.8, 4) is 0 Å². The molecule has 2 heterocycles. The van der Waals surface area contributed by atoms with Gasteiger partial charge in [0.1, 0.15) is 6.10 Å². The minimum atomic E-state index is 0.366. The maximum atomic E-state index is 5.15. The second-order valence-corrected chi connectivity index (χ2v) is 5.40. The number of rotatable bonds is 1. The van der Waals surface area contributed by atoms with Crippen molar-refractivity contribution in [2.75, 3.05) is 6.61 Å². The molecule has 0 aliphatic carbocycles. The van der Waals surface area contributed by atoms with Crippen LogP contribution in [0.5, 0.6) is 0 Å². The number of hydrogen-bond donors (Lipinski definition) is 0. The summed E-state index contributed by atoms with van der Waals surface area (Å²) in [6, 6.07) is 2.06. The zero-order valence-electron chi connectivity index (χ0n) is 4.93. The average molecular weight is 284 g/mol. The van der Waals surface area contributed by atoms with Gasteiger partial charge in [0.2, 0.25) is 0 Å². The minimum absolute atomic E-state index is 0.366. The molecule has 0 bridgehead atoms. The van der Waals surface area contributed by atoms with Crippen molar-refractivity contribution in [2.45, 2.75) is 6.10 Å². The normalized spacial score (nSPS) is 23.2. The van der Waals surface area contributed by atoms with Gasteiger partial charge in [-0.1, -0.05) is 0 Å². The predicted molar refractivity (Wildman–Crippen MR) is 48.4 cm³/mol. The molecule has 1 aromatic rings. The predicted octanol–water partition coefficient (Wildman–Crippen LogP) is 3.34. The Hall–Kier alpha value is 0.620. The molecule has 0 amide bonds. The number of hydrogen-bond acceptors (Lipinski definition) is 2. The van der Waals surface area contributed by atoms with E-state index in [2.05, 4.69) is 37.9 Å². The highest BCUT2D eigenvalue weighted by Gasteiger charge is 2.28. The maximum absolute atomic E-state index is 5.15. The van der Waals surface area contributed by atoms with E-state index in [0.717, 1.165) is 14.9 Å². The number of halogens is 2. The van der Waals surface area contributed by atoms with Gasteiger partial charge in [0, 0.05) is 4.47 Å². The van der Waals surface area contributed by atoms with Crippen molar-refractivity contribution in [2.24, 2.45) is 0 Å². The molecule has 1 nitrogen and oxygen atoms in total. The zero-order chi connectivity index (χ0) is 7.14. The Labute approximate surface area is 79.6 Å². The molecular weight excluding hydrogens is 280 g/mol. The van der Waals surface area contributed by atoms with Gasteiger partial charge in [-0.25, -0.2) is 0 Å². The van der Waals surface area contributed by atoms with Crippen LogP contribution in [0.1, 0.15) is 11.0 Å². The fourth-order valence-corrected chi connectivity index (χ4v) is 3.52. The summed E-state index contributed by atoms with van der Waals surface area (Å²) in [7, 11) is 0. The van der Waals surface area contributed by atoms with Crippen LogP contribution >= 0.6 is 43.2 Å². The topological polar surface area (TPSA) is 12.5 Å². The summed E-state index contributed by atoms with van der Waals surface area (Å²) in [5, 5.41) is 0. The largest absolute Gasteiger partial charge is 0.367 e. The molecule has 1 aliphatic rings. The van der Waals surface area contributed by atoms with Crippen LogP contribution in [-0.4, -0.2) is 6.61 Å². The lowest BCUT2D eigenvalue weighted by Crippen LogP contribution is -1.70. The van der Waals surface area contributed by atoms with Crippen molar-refractivity contribution >= 4 is 43.2 Å². The number of epoxide rings is 1. The van der Waals surface area contributed by atoms with Crippen LogP contribution in [0.4, 0.5) is 0 Å². The Kier molecular flexibility index (Phi) is 1.88. The van der Waals surface area contributed by atoms with E-state index >= 15 is 0 Å². The molecular formula is C6H4Br2OS. The lowest BCUT2D eigenvalue weighted by molar-refractivity contribution is 0.418. The van der Waals surface area contributed by atoms with Crippen molar-refractivity contribution in [3.63, 3.8) is 0 Å². The van der Waals surface area contributed by atoms with Gasteiger partial charge in [0.15, 0.2) is 0 Å². The second-order valence-electron chi connectivity index (χ2n) is 2.08. The van der Waals surface area contributed by atoms with E-state index in [1.165, 1.54) is 4.88 Å². The molecule has 1 aromatic heterocycles. The van der Waals surface area contributed by atoms with Gasteiger partial charge in [-0.15, -0.1) is 11.3 Å². The van der Waals surface area contributed by atoms with Gasteiger partial charge in [-0.2, -0.15) is 0 Å². The summed E-state index contributed by atoms with van der Waals surface area (Å²) in [4.78, 5) is 1.30. The minimum Gasteiger partial charge on any atom is -0.367 e. The Bertz CT molecular complexity index is 254. The van der Waals surface area contributed by atoms with E-state index < -0.39 is 0 Å². The number of thiophene rings is 1. The van der Waals surface area contributed by atoms with Crippen LogP contribution in [0.25, 0.3) is 0 Å². The fraction of sp³-hybridized carbons (Fsp3) is 0.333. The van der Waals surface area contributed by atoms with E-state index in [1.54, 1.807) is 11.3 Å². The summed E-state index contributed by atoms with van der Waals surface area (Å²) in [6.07, 6.45) is 0.366. The van der Waals surface area contributed by atoms with Crippen LogP contribution in [0.2, 0.25) is 0 Å². The average Bonchev–Trinajstić information content (AvgIpc) is 2.61. The van der Waals surface area contributed by atoms with E-state index in [1.807, 2.05) is 0 Å². The molecule has 1 fully saturated rings. The first kappa shape index (κ1) is 7.28. The summed E-state index contributed by atoms with van der Waals surface area (Å²) < 4.78 is 7.46. The molecule has 0 aromatic carbocycles. The third-order valence-electron chi connectivity index (χ3n) is 1.31. The molecule has 1 aliphatic heterocycles. The van der Waals surface area contributed by atoms with Gasteiger partial charge in [0.05, 0.1) is 15.3 Å². The second kappa shape index (κ2) is 2.59. The highest BCUT2D eigenvalue weighted by Crippen LogP contribution is 2.42. The molecule has 10 heavy (non-hydrogen) atoms. The van der Waals surface area contributed by atoms with Crippen molar-refractivity contribution in [1.29, 1.82) is 0 Å². The van der Waals surface area contributed by atoms with Crippen molar-refractivity contribution < 1.29 is 4.74 Å². The highest BCUT2D eigenvalue weighted by molar-refractivity contribution is 9.11. The lowest BCUT2D eigenvalue weighted by atomic mass is 10.4. The molecule has 0 radical (unpaired) electrons. The monoisotopic (exact) mass is 282 g/mol. The first-order valence-electron chi connectivity index (χ1n) is 2.83. The van der Waals surface area contributed by atoms with Crippen LogP contribution in [0.3, 0.4) is 0 Å². The van der Waals surface area contributed by atoms with Gasteiger partial charge < -0.3 is 4.74 Å². The zero-order valence-corrected chi connectivity index (χ0v) is 8.92. The molecule has 54 valence electrons. The van der Waals surface area contributed by atoms with Gasteiger partial charge in [-0.05, 0) is 37.9 Å². The van der Waals surface area contributed by atoms with E-state index in [9.17, 15) is 0 Å². The number of ether oxygens (including phenoxy) is 1. The van der Waals surface area contributed by atoms with Crippen LogP contribution < -0.4 is 0 Å².